The van der Waals surface area contributed by atoms with Crippen molar-refractivity contribution in [3.05, 3.63) is 95.8 Å². The molecule has 5 aromatic rings. The zero-order chi connectivity index (χ0) is 22.1. The average Bonchev–Trinajstić information content (AvgIpc) is 3.42. The number of hydrogen-bond acceptors (Lipinski definition) is 3. The number of aromatic nitrogens is 3. The van der Waals surface area contributed by atoms with Crippen LogP contribution in [0.15, 0.2) is 79.1 Å². The highest BCUT2D eigenvalue weighted by Gasteiger charge is 2.20. The number of nitrogens with zero attached hydrogens (tertiary/aromatic N) is 1. The number of H-pyrrole nitrogens is 2. The standard InChI is InChI=1S/C25H21N5O2/c26-23(31)19(15-6-2-1-3-7-15)12-16-13-28-24-17(16)10-11-22(29-24)30-25(32)20-14-27-21-9-5-4-8-18(20)21/h1-11,13-14,19,27H,12H2,(H2,26,31)(H2,28,29,30,32). The summed E-state index contributed by atoms with van der Waals surface area (Å²) in [7, 11) is 0. The minimum Gasteiger partial charge on any atom is -0.369 e. The van der Waals surface area contributed by atoms with E-state index in [1.807, 2.05) is 66.9 Å². The van der Waals surface area contributed by atoms with E-state index in [4.69, 9.17) is 5.73 Å². The molecule has 0 spiro atoms. The molecule has 5 N–H and O–H groups in total. The van der Waals surface area contributed by atoms with Crippen molar-refractivity contribution in [1.29, 1.82) is 0 Å². The third-order valence-corrected chi connectivity index (χ3v) is 5.67. The van der Waals surface area contributed by atoms with E-state index in [1.165, 1.54) is 0 Å². The number of rotatable bonds is 6. The number of carbonyl (C=O) groups is 2. The van der Waals surface area contributed by atoms with Crippen LogP contribution in [0.5, 0.6) is 0 Å². The van der Waals surface area contributed by atoms with Gasteiger partial charge < -0.3 is 21.0 Å². The van der Waals surface area contributed by atoms with Gasteiger partial charge in [0.05, 0.1) is 11.5 Å². The minimum atomic E-state index is -0.434. The summed E-state index contributed by atoms with van der Waals surface area (Å²) in [4.78, 5) is 35.6. The number of pyridine rings is 1. The molecule has 2 aromatic carbocycles. The molecule has 5 rings (SSSR count). The van der Waals surface area contributed by atoms with Gasteiger partial charge >= 0.3 is 0 Å². The van der Waals surface area contributed by atoms with Crippen LogP contribution in [0.2, 0.25) is 0 Å². The van der Waals surface area contributed by atoms with Crippen LogP contribution in [-0.2, 0) is 11.2 Å². The Balaban J connectivity index is 1.39. The topological polar surface area (TPSA) is 117 Å². The van der Waals surface area contributed by atoms with E-state index in [9.17, 15) is 9.59 Å². The average molecular weight is 423 g/mol. The number of amides is 2. The molecule has 7 heteroatoms. The van der Waals surface area contributed by atoms with Crippen molar-refractivity contribution in [2.45, 2.75) is 12.3 Å². The monoisotopic (exact) mass is 423 g/mol. The second-order valence-corrected chi connectivity index (χ2v) is 7.68. The van der Waals surface area contributed by atoms with Gasteiger partial charge in [-0.3, -0.25) is 9.59 Å². The largest absolute Gasteiger partial charge is 0.369 e. The van der Waals surface area contributed by atoms with E-state index < -0.39 is 5.92 Å². The van der Waals surface area contributed by atoms with Gasteiger partial charge in [0.15, 0.2) is 0 Å². The smallest absolute Gasteiger partial charge is 0.258 e. The van der Waals surface area contributed by atoms with Crippen molar-refractivity contribution in [3.8, 4) is 0 Å². The highest BCUT2D eigenvalue weighted by Crippen LogP contribution is 2.26. The number of nitrogens with one attached hydrogen (secondary N) is 3. The zero-order valence-corrected chi connectivity index (χ0v) is 17.1. The quantitative estimate of drug-likeness (QED) is 0.329. The Hall–Kier alpha value is -4.39. The second-order valence-electron chi connectivity index (χ2n) is 7.68. The highest BCUT2D eigenvalue weighted by molar-refractivity contribution is 6.12. The van der Waals surface area contributed by atoms with Gasteiger partial charge in [-0.05, 0) is 35.7 Å². The first-order valence-electron chi connectivity index (χ1n) is 10.3. The first-order chi connectivity index (χ1) is 15.6. The van der Waals surface area contributed by atoms with Gasteiger partial charge in [0, 0.05) is 28.7 Å². The summed E-state index contributed by atoms with van der Waals surface area (Å²) in [6.07, 6.45) is 3.99. The zero-order valence-electron chi connectivity index (χ0n) is 17.1. The summed E-state index contributed by atoms with van der Waals surface area (Å²) >= 11 is 0. The molecule has 3 heterocycles. The Morgan fingerprint density at radius 3 is 2.50 bits per heavy atom. The molecule has 32 heavy (non-hydrogen) atoms. The van der Waals surface area contributed by atoms with E-state index in [0.717, 1.165) is 27.4 Å². The summed E-state index contributed by atoms with van der Waals surface area (Å²) in [5.41, 5.74) is 9.59. The molecule has 0 saturated heterocycles. The van der Waals surface area contributed by atoms with Gasteiger partial charge in [0.1, 0.15) is 11.5 Å². The lowest BCUT2D eigenvalue weighted by Gasteiger charge is -2.13. The normalized spacial score (nSPS) is 12.1. The molecule has 0 radical (unpaired) electrons. The third-order valence-electron chi connectivity index (χ3n) is 5.67. The lowest BCUT2D eigenvalue weighted by molar-refractivity contribution is -0.119. The second kappa shape index (κ2) is 8.03. The van der Waals surface area contributed by atoms with Gasteiger partial charge in [-0.1, -0.05) is 48.5 Å². The van der Waals surface area contributed by atoms with E-state index in [1.54, 1.807) is 12.3 Å². The number of primary amides is 1. The first-order valence-corrected chi connectivity index (χ1v) is 10.3. The number of carbonyl (C=O) groups excluding carboxylic acids is 2. The van der Waals surface area contributed by atoms with Crippen molar-refractivity contribution in [3.63, 3.8) is 0 Å². The van der Waals surface area contributed by atoms with Crippen LogP contribution in [0.3, 0.4) is 0 Å². The lowest BCUT2D eigenvalue weighted by atomic mass is 9.91. The van der Waals surface area contributed by atoms with Crippen molar-refractivity contribution >= 4 is 39.6 Å². The number of fused-ring (bicyclic) bond motifs is 2. The summed E-state index contributed by atoms with van der Waals surface area (Å²) < 4.78 is 0. The molecule has 0 fully saturated rings. The Labute approximate surface area is 183 Å². The predicted octanol–water partition coefficient (Wildman–Crippen LogP) is 4.11. The van der Waals surface area contributed by atoms with E-state index in [0.29, 0.717) is 23.4 Å². The third kappa shape index (κ3) is 3.60. The molecule has 2 amide bonds. The van der Waals surface area contributed by atoms with Crippen LogP contribution in [0.25, 0.3) is 21.9 Å². The Morgan fingerprint density at radius 2 is 1.69 bits per heavy atom. The maximum Gasteiger partial charge on any atom is 0.258 e. The van der Waals surface area contributed by atoms with Gasteiger partial charge in [-0.15, -0.1) is 0 Å². The fourth-order valence-electron chi connectivity index (χ4n) is 4.03. The van der Waals surface area contributed by atoms with Crippen LogP contribution in [-0.4, -0.2) is 26.8 Å². The molecule has 0 aliphatic rings. The Bertz CT molecular complexity index is 1430. The number of benzene rings is 2. The van der Waals surface area contributed by atoms with Crippen molar-refractivity contribution in [2.75, 3.05) is 5.32 Å². The number of anilines is 1. The van der Waals surface area contributed by atoms with Crippen molar-refractivity contribution in [2.24, 2.45) is 5.73 Å². The van der Waals surface area contributed by atoms with E-state index in [2.05, 4.69) is 20.3 Å². The molecular weight excluding hydrogens is 402 g/mol. The molecule has 0 bridgehead atoms. The molecule has 7 nitrogen and oxygen atoms in total. The summed E-state index contributed by atoms with van der Waals surface area (Å²) in [6, 6.07) is 20.8. The Morgan fingerprint density at radius 1 is 0.906 bits per heavy atom. The van der Waals surface area contributed by atoms with Gasteiger partial charge in [-0.2, -0.15) is 0 Å². The lowest BCUT2D eigenvalue weighted by Crippen LogP contribution is -2.23. The highest BCUT2D eigenvalue weighted by atomic mass is 16.2. The molecule has 0 aliphatic carbocycles. The van der Waals surface area contributed by atoms with Crippen molar-refractivity contribution in [1.82, 2.24) is 15.0 Å². The van der Waals surface area contributed by atoms with Gasteiger partial charge in [0.25, 0.3) is 5.91 Å². The van der Waals surface area contributed by atoms with Gasteiger partial charge in [-0.25, -0.2) is 4.98 Å². The fourth-order valence-corrected chi connectivity index (χ4v) is 4.03. The fraction of sp³-hybridized carbons (Fsp3) is 0.0800. The van der Waals surface area contributed by atoms with Crippen LogP contribution in [0, 0.1) is 0 Å². The van der Waals surface area contributed by atoms with Crippen LogP contribution in [0.1, 0.15) is 27.4 Å². The minimum absolute atomic E-state index is 0.237. The van der Waals surface area contributed by atoms with E-state index >= 15 is 0 Å². The summed E-state index contributed by atoms with van der Waals surface area (Å²) in [5, 5.41) is 4.60. The molecule has 158 valence electrons. The number of nitrogens with two attached hydrogens (primary N) is 1. The molecular formula is C25H21N5O2. The molecule has 0 saturated carbocycles. The van der Waals surface area contributed by atoms with Crippen molar-refractivity contribution < 1.29 is 9.59 Å². The predicted molar refractivity (Wildman–Crippen MR) is 124 cm³/mol. The molecule has 1 atom stereocenters. The van der Waals surface area contributed by atoms with Crippen LogP contribution in [0.4, 0.5) is 5.82 Å². The SMILES string of the molecule is NC(=O)C(Cc1c[nH]c2nc(NC(=O)c3c[nH]c4ccccc34)ccc12)c1ccccc1. The molecule has 1 unspecified atom stereocenters. The summed E-state index contributed by atoms with van der Waals surface area (Å²) in [6.45, 7) is 0. The van der Waals surface area contributed by atoms with Crippen LogP contribution < -0.4 is 11.1 Å². The van der Waals surface area contributed by atoms with E-state index in [-0.39, 0.29) is 11.8 Å². The number of aromatic amines is 2. The van der Waals surface area contributed by atoms with Crippen LogP contribution >= 0.6 is 0 Å². The summed E-state index contributed by atoms with van der Waals surface area (Å²) in [5.74, 6) is -0.604. The number of para-hydroxylation sites is 1. The molecule has 0 aliphatic heterocycles. The maximum atomic E-state index is 12.8. The molecule has 3 aromatic heterocycles. The Kier molecular flexibility index (Phi) is 4.91. The maximum absolute atomic E-state index is 12.8. The number of hydrogen-bond donors (Lipinski definition) is 4. The first kappa shape index (κ1) is 19.6. The van der Waals surface area contributed by atoms with Gasteiger partial charge in [0.2, 0.25) is 5.91 Å².